The molecule has 0 unspecified atom stereocenters. The first-order chi connectivity index (χ1) is 9.45. The molecule has 0 spiro atoms. The summed E-state index contributed by atoms with van der Waals surface area (Å²) >= 11 is 2.15. The van der Waals surface area contributed by atoms with Crippen LogP contribution in [0.5, 0.6) is 0 Å². The minimum atomic E-state index is -0.207. The van der Waals surface area contributed by atoms with Gasteiger partial charge in [-0.15, -0.1) is 0 Å². The van der Waals surface area contributed by atoms with E-state index in [-0.39, 0.29) is 5.82 Å². The molecule has 2 aromatic rings. The summed E-state index contributed by atoms with van der Waals surface area (Å²) in [5.41, 5.74) is 4.14. The van der Waals surface area contributed by atoms with Crippen molar-refractivity contribution in [2.75, 3.05) is 11.9 Å². The average Bonchev–Trinajstić information content (AvgIpc) is 2.36. The highest BCUT2D eigenvalue weighted by atomic mass is 127. The number of pyridine rings is 1. The van der Waals surface area contributed by atoms with E-state index in [4.69, 9.17) is 4.98 Å². The fraction of sp³-hybridized carbons (Fsp3) is 0.438. The van der Waals surface area contributed by atoms with Crippen LogP contribution in [0.15, 0.2) is 12.1 Å². The second-order valence-electron chi connectivity index (χ2n) is 5.35. The number of aryl methyl sites for hydroxylation is 1. The number of nitrogens with zero attached hydrogens (tertiary/aromatic N) is 1. The van der Waals surface area contributed by atoms with Gasteiger partial charge in [0.25, 0.3) is 0 Å². The van der Waals surface area contributed by atoms with E-state index in [1.54, 1.807) is 6.07 Å². The normalized spacial score (nSPS) is 11.3. The molecular weight excluding hydrogens is 366 g/mol. The molecule has 1 heterocycles. The summed E-state index contributed by atoms with van der Waals surface area (Å²) in [5, 5.41) is 4.36. The van der Waals surface area contributed by atoms with Crippen LogP contribution in [-0.4, -0.2) is 11.5 Å². The molecule has 1 N–H and O–H groups in total. The molecule has 2 rings (SSSR count). The maximum absolute atomic E-state index is 13.8. The summed E-state index contributed by atoms with van der Waals surface area (Å²) in [5.74, 6) is 0.147. The lowest BCUT2D eigenvalue weighted by Crippen LogP contribution is -2.08. The number of aromatic nitrogens is 1. The lowest BCUT2D eigenvalue weighted by atomic mass is 9.96. The zero-order valence-electron chi connectivity index (χ0n) is 12.3. The van der Waals surface area contributed by atoms with E-state index in [0.717, 1.165) is 38.8 Å². The highest BCUT2D eigenvalue weighted by Crippen LogP contribution is 2.35. The number of halogens is 2. The highest BCUT2D eigenvalue weighted by Gasteiger charge is 2.17. The predicted octanol–water partition coefficient (Wildman–Crippen LogP) is 5.23. The van der Waals surface area contributed by atoms with Gasteiger partial charge in [0.05, 0.1) is 5.52 Å². The summed E-state index contributed by atoms with van der Waals surface area (Å²) in [6.07, 6.45) is 1.03. The molecule has 1 aromatic heterocycles. The van der Waals surface area contributed by atoms with E-state index in [9.17, 15) is 4.39 Å². The Hall–Kier alpha value is -0.910. The Kier molecular flexibility index (Phi) is 4.83. The third-order valence-corrected chi connectivity index (χ3v) is 4.19. The van der Waals surface area contributed by atoms with Crippen LogP contribution in [0.25, 0.3) is 10.9 Å². The largest absolute Gasteiger partial charge is 0.384 e. The maximum atomic E-state index is 13.8. The van der Waals surface area contributed by atoms with E-state index in [2.05, 4.69) is 48.7 Å². The molecule has 0 bridgehead atoms. The van der Waals surface area contributed by atoms with Crippen LogP contribution >= 0.6 is 22.6 Å². The minimum Gasteiger partial charge on any atom is -0.384 e. The Morgan fingerprint density at radius 1 is 1.35 bits per heavy atom. The van der Waals surface area contributed by atoms with Crippen molar-refractivity contribution in [2.24, 2.45) is 0 Å². The fourth-order valence-corrected chi connectivity index (χ4v) is 3.28. The van der Waals surface area contributed by atoms with Gasteiger partial charge in [0.15, 0.2) is 0 Å². The van der Waals surface area contributed by atoms with E-state index < -0.39 is 0 Å². The summed E-state index contributed by atoms with van der Waals surface area (Å²) in [6, 6.07) is 3.13. The number of hydrogen-bond acceptors (Lipinski definition) is 2. The molecule has 4 heteroatoms. The van der Waals surface area contributed by atoms with Crippen molar-refractivity contribution in [3.05, 3.63) is 32.8 Å². The lowest BCUT2D eigenvalue weighted by Gasteiger charge is -2.20. The third-order valence-electron chi connectivity index (χ3n) is 3.37. The SMILES string of the molecule is CCCNc1c(C(C)C)c(C)nc2c(I)cc(F)cc12. The van der Waals surface area contributed by atoms with Crippen molar-refractivity contribution in [3.63, 3.8) is 0 Å². The van der Waals surface area contributed by atoms with Crippen LogP contribution in [0, 0.1) is 16.3 Å². The van der Waals surface area contributed by atoms with Gasteiger partial charge in [-0.3, -0.25) is 4.98 Å². The molecule has 0 atom stereocenters. The Labute approximate surface area is 133 Å². The standard InChI is InChI=1S/C16H20FIN2/c1-5-6-19-16-12-7-11(17)8-13(18)15(12)20-10(4)14(16)9(2)3/h7-9H,5-6H2,1-4H3,(H,19,20). The van der Waals surface area contributed by atoms with Crippen LogP contribution in [0.4, 0.5) is 10.1 Å². The summed E-state index contributed by atoms with van der Waals surface area (Å²) in [4.78, 5) is 4.69. The summed E-state index contributed by atoms with van der Waals surface area (Å²) in [6.45, 7) is 9.34. The Morgan fingerprint density at radius 3 is 2.65 bits per heavy atom. The number of hydrogen-bond donors (Lipinski definition) is 1. The van der Waals surface area contributed by atoms with Crippen molar-refractivity contribution in [1.82, 2.24) is 4.98 Å². The van der Waals surface area contributed by atoms with Crippen LogP contribution in [0.3, 0.4) is 0 Å². The van der Waals surface area contributed by atoms with E-state index in [1.165, 1.54) is 11.6 Å². The topological polar surface area (TPSA) is 24.9 Å². The van der Waals surface area contributed by atoms with Gasteiger partial charge in [0.1, 0.15) is 5.82 Å². The van der Waals surface area contributed by atoms with Crippen molar-refractivity contribution in [1.29, 1.82) is 0 Å². The van der Waals surface area contributed by atoms with Crippen LogP contribution in [0.2, 0.25) is 0 Å². The van der Waals surface area contributed by atoms with Gasteiger partial charge >= 0.3 is 0 Å². The van der Waals surface area contributed by atoms with E-state index >= 15 is 0 Å². The molecule has 108 valence electrons. The van der Waals surface area contributed by atoms with Gasteiger partial charge in [-0.1, -0.05) is 20.8 Å². The molecule has 20 heavy (non-hydrogen) atoms. The van der Waals surface area contributed by atoms with Gasteiger partial charge in [-0.05, 0) is 59.5 Å². The van der Waals surface area contributed by atoms with Gasteiger partial charge in [0, 0.05) is 26.9 Å². The Balaban J connectivity index is 2.80. The first-order valence-corrected chi connectivity index (χ1v) is 8.06. The van der Waals surface area contributed by atoms with E-state index in [0.29, 0.717) is 5.92 Å². The maximum Gasteiger partial charge on any atom is 0.125 e. The molecule has 0 fully saturated rings. The fourth-order valence-electron chi connectivity index (χ4n) is 2.57. The van der Waals surface area contributed by atoms with Crippen LogP contribution < -0.4 is 5.32 Å². The zero-order valence-corrected chi connectivity index (χ0v) is 14.5. The third kappa shape index (κ3) is 2.90. The zero-order chi connectivity index (χ0) is 14.9. The molecule has 0 saturated heterocycles. The molecule has 0 aliphatic carbocycles. The highest BCUT2D eigenvalue weighted by molar-refractivity contribution is 14.1. The molecule has 0 amide bonds. The Bertz CT molecular complexity index is 638. The molecule has 0 radical (unpaired) electrons. The number of rotatable bonds is 4. The van der Waals surface area contributed by atoms with Crippen molar-refractivity contribution >= 4 is 39.2 Å². The van der Waals surface area contributed by atoms with Gasteiger partial charge < -0.3 is 5.32 Å². The minimum absolute atomic E-state index is 0.207. The van der Waals surface area contributed by atoms with Gasteiger partial charge in [0.2, 0.25) is 0 Å². The van der Waals surface area contributed by atoms with Gasteiger partial charge in [-0.25, -0.2) is 4.39 Å². The Morgan fingerprint density at radius 2 is 2.05 bits per heavy atom. The molecule has 1 aromatic carbocycles. The average molecular weight is 386 g/mol. The summed E-state index contributed by atoms with van der Waals surface area (Å²) in [7, 11) is 0. The molecule has 0 aliphatic rings. The molecule has 2 nitrogen and oxygen atoms in total. The second kappa shape index (κ2) is 6.24. The van der Waals surface area contributed by atoms with Crippen LogP contribution in [-0.2, 0) is 0 Å². The summed E-state index contributed by atoms with van der Waals surface area (Å²) < 4.78 is 14.6. The lowest BCUT2D eigenvalue weighted by molar-refractivity contribution is 0.628. The predicted molar refractivity (Wildman–Crippen MR) is 92.0 cm³/mol. The first-order valence-electron chi connectivity index (χ1n) is 6.98. The number of fused-ring (bicyclic) bond motifs is 1. The first kappa shape index (κ1) is 15.5. The molecule has 0 saturated carbocycles. The van der Waals surface area contributed by atoms with Crippen molar-refractivity contribution in [3.8, 4) is 0 Å². The quantitative estimate of drug-likeness (QED) is 0.728. The smallest absolute Gasteiger partial charge is 0.125 e. The number of nitrogens with one attached hydrogen (secondary N) is 1. The van der Waals surface area contributed by atoms with Crippen LogP contribution in [0.1, 0.15) is 44.4 Å². The number of benzene rings is 1. The molecule has 0 aliphatic heterocycles. The number of anilines is 1. The van der Waals surface area contributed by atoms with Crippen molar-refractivity contribution in [2.45, 2.75) is 40.0 Å². The van der Waals surface area contributed by atoms with Gasteiger partial charge in [-0.2, -0.15) is 0 Å². The van der Waals surface area contributed by atoms with E-state index in [1.807, 2.05) is 6.92 Å². The second-order valence-corrected chi connectivity index (χ2v) is 6.51. The molecular formula is C16H20FIN2. The monoisotopic (exact) mass is 386 g/mol. The van der Waals surface area contributed by atoms with Crippen molar-refractivity contribution < 1.29 is 4.39 Å².